The Morgan fingerprint density at radius 3 is 1.57 bits per heavy atom. The number of hydrogen-bond acceptors (Lipinski definition) is 4. The van der Waals surface area contributed by atoms with E-state index in [-0.39, 0.29) is 59.7 Å². The molecule has 1 heterocycles. The second kappa shape index (κ2) is 8.18. The summed E-state index contributed by atoms with van der Waals surface area (Å²) in [5.74, 6) is 1.07. The summed E-state index contributed by atoms with van der Waals surface area (Å²) in [6, 6.07) is 0. The number of ketones is 2. The molecule has 3 fully saturated rings. The fraction of sp³-hybridized carbons (Fsp3) is 0.917. The Kier molecular flexibility index (Phi) is 6.41. The molecule has 0 radical (unpaired) electrons. The van der Waals surface area contributed by atoms with Crippen LogP contribution in [-0.4, -0.2) is 36.0 Å². The molecule has 0 N–H and O–H groups in total. The standard InChI is InChI=1S/C24H40O4/c1-11(2)15-9-16(12(3)4)22-17(10-15)27-23-18(13(5)6)20(25)21(26)19(14(7)8)24(23)28-22/h11-19,22-24H,9-10H2,1-8H3. The van der Waals surface area contributed by atoms with Gasteiger partial charge in [-0.05, 0) is 48.3 Å². The Morgan fingerprint density at radius 2 is 1.14 bits per heavy atom. The quantitative estimate of drug-likeness (QED) is 0.659. The van der Waals surface area contributed by atoms with E-state index in [1.54, 1.807) is 0 Å². The van der Waals surface area contributed by atoms with Crippen molar-refractivity contribution in [2.75, 3.05) is 0 Å². The molecule has 8 unspecified atom stereocenters. The maximum absolute atomic E-state index is 13.0. The van der Waals surface area contributed by atoms with Gasteiger partial charge in [-0.2, -0.15) is 0 Å². The number of Topliss-reactive ketones (excluding diaryl/α,β-unsaturated/α-hetero) is 2. The Bertz CT molecular complexity index is 593. The maximum Gasteiger partial charge on any atom is 0.204 e. The van der Waals surface area contributed by atoms with Gasteiger partial charge >= 0.3 is 0 Å². The Hall–Kier alpha value is -0.740. The van der Waals surface area contributed by atoms with E-state index < -0.39 is 0 Å². The van der Waals surface area contributed by atoms with Crippen LogP contribution in [0.5, 0.6) is 0 Å². The maximum atomic E-state index is 13.0. The lowest BCUT2D eigenvalue weighted by molar-refractivity contribution is -0.282. The smallest absolute Gasteiger partial charge is 0.204 e. The molecule has 0 aromatic heterocycles. The minimum Gasteiger partial charge on any atom is -0.369 e. The van der Waals surface area contributed by atoms with E-state index >= 15 is 0 Å². The van der Waals surface area contributed by atoms with Crippen molar-refractivity contribution in [1.82, 2.24) is 0 Å². The van der Waals surface area contributed by atoms with E-state index in [1.165, 1.54) is 0 Å². The van der Waals surface area contributed by atoms with Crippen molar-refractivity contribution in [2.45, 2.75) is 92.6 Å². The largest absolute Gasteiger partial charge is 0.369 e. The summed E-state index contributed by atoms with van der Waals surface area (Å²) < 4.78 is 13.5. The monoisotopic (exact) mass is 392 g/mol. The molecule has 8 atom stereocenters. The van der Waals surface area contributed by atoms with Gasteiger partial charge in [0.15, 0.2) is 0 Å². The third-order valence-electron chi connectivity index (χ3n) is 7.66. The predicted molar refractivity (Wildman–Crippen MR) is 110 cm³/mol. The molecule has 0 aromatic rings. The average molecular weight is 393 g/mol. The van der Waals surface area contributed by atoms with Crippen molar-refractivity contribution in [1.29, 1.82) is 0 Å². The fourth-order valence-electron chi connectivity index (χ4n) is 5.91. The van der Waals surface area contributed by atoms with Crippen LogP contribution in [0.3, 0.4) is 0 Å². The molecular weight excluding hydrogens is 352 g/mol. The van der Waals surface area contributed by atoms with Gasteiger partial charge in [-0.25, -0.2) is 0 Å². The highest BCUT2D eigenvalue weighted by Crippen LogP contribution is 2.48. The Labute approximate surface area is 171 Å². The van der Waals surface area contributed by atoms with Crippen molar-refractivity contribution in [3.05, 3.63) is 0 Å². The van der Waals surface area contributed by atoms with Crippen LogP contribution in [0.4, 0.5) is 0 Å². The molecule has 2 saturated carbocycles. The van der Waals surface area contributed by atoms with Gasteiger partial charge in [0.25, 0.3) is 0 Å². The minimum absolute atomic E-state index is 0.0323. The van der Waals surface area contributed by atoms with Crippen molar-refractivity contribution < 1.29 is 19.1 Å². The number of carbonyl (C=O) groups excluding carboxylic acids is 2. The first-order valence-corrected chi connectivity index (χ1v) is 11.4. The normalized spacial score (nSPS) is 41.7. The number of carbonyl (C=O) groups is 2. The third kappa shape index (κ3) is 3.71. The SMILES string of the molecule is CC(C)C1CC2OC3C(OC2C(C(C)C)C1)C(C(C)C)C(=O)C(=O)C3C(C)C. The lowest BCUT2D eigenvalue weighted by atomic mass is 9.65. The predicted octanol–water partition coefficient (Wildman–Crippen LogP) is 4.54. The van der Waals surface area contributed by atoms with Gasteiger partial charge in [0.1, 0.15) is 0 Å². The van der Waals surface area contributed by atoms with Crippen LogP contribution >= 0.6 is 0 Å². The van der Waals surface area contributed by atoms with E-state index in [0.717, 1.165) is 12.8 Å². The van der Waals surface area contributed by atoms with Crippen molar-refractivity contribution in [3.8, 4) is 0 Å². The van der Waals surface area contributed by atoms with Crippen LogP contribution in [0.1, 0.15) is 68.2 Å². The van der Waals surface area contributed by atoms with Crippen LogP contribution in [0, 0.1) is 47.3 Å². The molecule has 0 bridgehead atoms. The van der Waals surface area contributed by atoms with Crippen LogP contribution in [-0.2, 0) is 19.1 Å². The van der Waals surface area contributed by atoms with Crippen molar-refractivity contribution >= 4 is 11.6 Å². The number of ether oxygens (including phenoxy) is 2. The van der Waals surface area contributed by atoms with E-state index in [2.05, 4.69) is 27.7 Å². The van der Waals surface area contributed by atoms with Crippen LogP contribution in [0.15, 0.2) is 0 Å². The second-order valence-electron chi connectivity index (χ2n) is 10.9. The average Bonchev–Trinajstić information content (AvgIpc) is 2.59. The van der Waals surface area contributed by atoms with Gasteiger partial charge in [-0.3, -0.25) is 9.59 Å². The van der Waals surface area contributed by atoms with Gasteiger partial charge in [0.05, 0.1) is 36.3 Å². The second-order valence-corrected chi connectivity index (χ2v) is 10.9. The summed E-state index contributed by atoms with van der Waals surface area (Å²) >= 11 is 0. The minimum atomic E-state index is -0.385. The molecule has 0 amide bonds. The first-order valence-electron chi connectivity index (χ1n) is 11.4. The lowest BCUT2D eigenvalue weighted by Crippen LogP contribution is -2.66. The van der Waals surface area contributed by atoms with Crippen LogP contribution < -0.4 is 0 Å². The highest BCUT2D eigenvalue weighted by Gasteiger charge is 2.58. The molecule has 1 aliphatic heterocycles. The van der Waals surface area contributed by atoms with Crippen molar-refractivity contribution in [3.63, 3.8) is 0 Å². The summed E-state index contributed by atoms with van der Waals surface area (Å²) in [7, 11) is 0. The Balaban J connectivity index is 1.97. The summed E-state index contributed by atoms with van der Waals surface area (Å²) in [5, 5.41) is 0. The molecule has 4 heteroatoms. The molecule has 1 saturated heterocycles. The van der Waals surface area contributed by atoms with Gasteiger partial charge < -0.3 is 9.47 Å². The lowest BCUT2D eigenvalue weighted by Gasteiger charge is -2.55. The molecular formula is C24H40O4. The number of fused-ring (bicyclic) bond motifs is 2. The molecule has 3 aliphatic rings. The van der Waals surface area contributed by atoms with E-state index in [9.17, 15) is 9.59 Å². The summed E-state index contributed by atoms with van der Waals surface area (Å²) in [4.78, 5) is 25.9. The van der Waals surface area contributed by atoms with Crippen molar-refractivity contribution in [2.24, 2.45) is 47.3 Å². The molecule has 4 nitrogen and oxygen atoms in total. The first-order chi connectivity index (χ1) is 13.0. The number of rotatable bonds is 4. The van der Waals surface area contributed by atoms with Crippen LogP contribution in [0.2, 0.25) is 0 Å². The Morgan fingerprint density at radius 1 is 0.643 bits per heavy atom. The topological polar surface area (TPSA) is 52.6 Å². The van der Waals surface area contributed by atoms with E-state index in [4.69, 9.17) is 9.47 Å². The van der Waals surface area contributed by atoms with Crippen LogP contribution in [0.25, 0.3) is 0 Å². The molecule has 28 heavy (non-hydrogen) atoms. The van der Waals surface area contributed by atoms with E-state index in [1.807, 2.05) is 27.7 Å². The summed E-state index contributed by atoms with van der Waals surface area (Å²) in [6.07, 6.45) is 1.63. The fourth-order valence-corrected chi connectivity index (χ4v) is 5.91. The zero-order chi connectivity index (χ0) is 20.9. The summed E-state index contributed by atoms with van der Waals surface area (Å²) in [5.41, 5.74) is 0. The zero-order valence-corrected chi connectivity index (χ0v) is 19.0. The molecule has 0 spiro atoms. The van der Waals surface area contributed by atoms with Gasteiger partial charge in [0, 0.05) is 0 Å². The summed E-state index contributed by atoms with van der Waals surface area (Å²) in [6.45, 7) is 17.2. The highest BCUT2D eigenvalue weighted by molar-refractivity contribution is 6.39. The van der Waals surface area contributed by atoms with Gasteiger partial charge in [0.2, 0.25) is 11.6 Å². The third-order valence-corrected chi connectivity index (χ3v) is 7.66. The molecule has 3 rings (SSSR count). The van der Waals surface area contributed by atoms with E-state index in [0.29, 0.717) is 23.7 Å². The van der Waals surface area contributed by atoms with Gasteiger partial charge in [-0.15, -0.1) is 0 Å². The molecule has 0 aromatic carbocycles. The number of hydrogen-bond donors (Lipinski definition) is 0. The van der Waals surface area contributed by atoms with Gasteiger partial charge in [-0.1, -0.05) is 55.4 Å². The molecule has 2 aliphatic carbocycles. The zero-order valence-electron chi connectivity index (χ0n) is 19.0. The first kappa shape index (κ1) is 22.0. The highest BCUT2D eigenvalue weighted by atomic mass is 16.6. The molecule has 160 valence electrons.